The molecule has 0 saturated carbocycles. The summed E-state index contributed by atoms with van der Waals surface area (Å²) < 4.78 is 6.10. The van der Waals surface area contributed by atoms with Gasteiger partial charge < -0.3 is 4.43 Å². The minimum atomic E-state index is -1.60. The Kier molecular flexibility index (Phi) is 5.38. The van der Waals surface area contributed by atoms with Gasteiger partial charge in [-0.25, -0.2) is 0 Å². The fraction of sp³-hybridized carbons (Fsp3) is 0.312. The molecule has 0 aliphatic heterocycles. The maximum absolute atomic E-state index is 10.9. The van der Waals surface area contributed by atoms with E-state index < -0.39 is 8.32 Å². The Balaban J connectivity index is 2.31. The predicted octanol–water partition coefficient (Wildman–Crippen LogP) is 5.20. The van der Waals surface area contributed by atoms with Crippen molar-refractivity contribution >= 4 is 37.5 Å². The molecule has 2 nitrogen and oxygen atoms in total. The van der Waals surface area contributed by atoms with Crippen LogP contribution in [0.25, 0.3) is 0 Å². The summed E-state index contributed by atoms with van der Waals surface area (Å²) in [5.74, 6) is 0.120. The van der Waals surface area contributed by atoms with E-state index in [1.165, 1.54) is 11.3 Å². The monoisotopic (exact) mass is 338 g/mol. The van der Waals surface area contributed by atoms with E-state index in [1.54, 1.807) is 0 Å². The molecule has 1 unspecified atom stereocenters. The van der Waals surface area contributed by atoms with E-state index in [-0.39, 0.29) is 5.92 Å². The molecular weight excluding hydrogens is 320 g/mol. The topological polar surface area (TPSA) is 26.3 Å². The van der Waals surface area contributed by atoms with Gasteiger partial charge in [0.2, 0.25) is 0 Å². The Morgan fingerprint density at radius 3 is 2.62 bits per heavy atom. The van der Waals surface area contributed by atoms with Crippen molar-refractivity contribution < 1.29 is 9.22 Å². The van der Waals surface area contributed by atoms with Gasteiger partial charge in [-0.3, -0.25) is 4.79 Å². The van der Waals surface area contributed by atoms with E-state index in [0.717, 1.165) is 26.6 Å². The van der Waals surface area contributed by atoms with Crippen molar-refractivity contribution in [1.29, 1.82) is 0 Å². The SMILES string of the molecule is C[Si](C)(C)OCC(c1cccc(Cl)c1)c1ccc(C=O)s1. The maximum Gasteiger partial charge on any atom is 0.183 e. The zero-order valence-corrected chi connectivity index (χ0v) is 15.0. The molecule has 112 valence electrons. The summed E-state index contributed by atoms with van der Waals surface area (Å²) in [6.07, 6.45) is 0.891. The molecule has 0 radical (unpaired) electrons. The Morgan fingerprint density at radius 1 is 1.29 bits per heavy atom. The van der Waals surface area contributed by atoms with Gasteiger partial charge in [0.15, 0.2) is 14.6 Å². The maximum atomic E-state index is 10.9. The lowest BCUT2D eigenvalue weighted by atomic mass is 9.98. The van der Waals surface area contributed by atoms with Gasteiger partial charge in [0, 0.05) is 22.4 Å². The first-order chi connectivity index (χ1) is 9.89. The molecule has 0 N–H and O–H groups in total. The molecule has 1 heterocycles. The molecule has 1 atom stereocenters. The quantitative estimate of drug-likeness (QED) is 0.534. The number of benzene rings is 1. The molecule has 21 heavy (non-hydrogen) atoms. The first-order valence-electron chi connectivity index (χ1n) is 6.83. The third-order valence-corrected chi connectivity index (χ3v) is 5.43. The molecule has 5 heteroatoms. The third-order valence-electron chi connectivity index (χ3n) is 3.04. The second-order valence-corrected chi connectivity index (χ2v) is 12.0. The summed E-state index contributed by atoms with van der Waals surface area (Å²) in [5, 5.41) is 0.720. The van der Waals surface area contributed by atoms with Crippen LogP contribution in [0.2, 0.25) is 24.7 Å². The number of carbonyl (C=O) groups is 1. The van der Waals surface area contributed by atoms with Gasteiger partial charge in [0.1, 0.15) is 0 Å². The third kappa shape index (κ3) is 4.78. The second-order valence-electron chi connectivity index (χ2n) is 5.89. The first kappa shape index (κ1) is 16.4. The number of thiophene rings is 1. The highest BCUT2D eigenvalue weighted by molar-refractivity contribution is 7.13. The van der Waals surface area contributed by atoms with Gasteiger partial charge in [0.25, 0.3) is 0 Å². The summed E-state index contributed by atoms with van der Waals surface area (Å²) in [4.78, 5) is 12.8. The van der Waals surface area contributed by atoms with Gasteiger partial charge in [-0.05, 0) is 49.5 Å². The van der Waals surface area contributed by atoms with Crippen molar-refractivity contribution in [2.75, 3.05) is 6.61 Å². The fourth-order valence-electron chi connectivity index (χ4n) is 2.02. The van der Waals surface area contributed by atoms with Crippen molar-refractivity contribution in [2.45, 2.75) is 25.6 Å². The Morgan fingerprint density at radius 2 is 2.05 bits per heavy atom. The van der Waals surface area contributed by atoms with Crippen LogP contribution in [0.15, 0.2) is 36.4 Å². The number of aldehydes is 1. The zero-order valence-electron chi connectivity index (χ0n) is 12.4. The number of hydrogen-bond acceptors (Lipinski definition) is 3. The smallest absolute Gasteiger partial charge is 0.183 e. The van der Waals surface area contributed by atoms with E-state index in [9.17, 15) is 4.79 Å². The Labute approximate surface area is 135 Å². The summed E-state index contributed by atoms with van der Waals surface area (Å²) >= 11 is 7.63. The first-order valence-corrected chi connectivity index (χ1v) is 11.4. The van der Waals surface area contributed by atoms with Crippen LogP contribution in [0.3, 0.4) is 0 Å². The normalized spacial score (nSPS) is 13.1. The number of carbonyl (C=O) groups excluding carboxylic acids is 1. The molecule has 1 aromatic heterocycles. The highest BCUT2D eigenvalue weighted by atomic mass is 35.5. The van der Waals surface area contributed by atoms with E-state index in [0.29, 0.717) is 6.61 Å². The summed E-state index contributed by atoms with van der Waals surface area (Å²) in [6, 6.07) is 11.7. The molecule has 0 aliphatic carbocycles. The van der Waals surface area contributed by atoms with Crippen molar-refractivity contribution in [1.82, 2.24) is 0 Å². The molecule has 0 saturated heterocycles. The molecule has 0 amide bonds. The van der Waals surface area contributed by atoms with Crippen LogP contribution in [-0.4, -0.2) is 21.2 Å². The molecule has 0 bridgehead atoms. The highest BCUT2D eigenvalue weighted by Gasteiger charge is 2.22. The van der Waals surface area contributed by atoms with Gasteiger partial charge in [-0.15, -0.1) is 11.3 Å². The van der Waals surface area contributed by atoms with Crippen LogP contribution in [0.4, 0.5) is 0 Å². The fourth-order valence-corrected chi connectivity index (χ4v) is 3.82. The predicted molar refractivity (Wildman–Crippen MR) is 92.3 cm³/mol. The number of hydrogen-bond donors (Lipinski definition) is 0. The highest BCUT2D eigenvalue weighted by Crippen LogP contribution is 2.32. The molecule has 0 aliphatic rings. The van der Waals surface area contributed by atoms with Crippen LogP contribution >= 0.6 is 22.9 Å². The zero-order chi connectivity index (χ0) is 15.5. The number of rotatable bonds is 6. The number of halogens is 1. The van der Waals surface area contributed by atoms with Gasteiger partial charge in [0.05, 0.1) is 4.88 Å². The average molecular weight is 339 g/mol. The molecule has 1 aromatic carbocycles. The minimum Gasteiger partial charge on any atom is -0.417 e. The van der Waals surface area contributed by atoms with Crippen LogP contribution in [0.5, 0.6) is 0 Å². The van der Waals surface area contributed by atoms with Gasteiger partial charge in [-0.2, -0.15) is 0 Å². The van der Waals surface area contributed by atoms with Crippen LogP contribution < -0.4 is 0 Å². The molecule has 2 rings (SSSR count). The van der Waals surface area contributed by atoms with Crippen LogP contribution in [-0.2, 0) is 4.43 Å². The lowest BCUT2D eigenvalue weighted by molar-refractivity contribution is 0.112. The van der Waals surface area contributed by atoms with Crippen molar-refractivity contribution in [3.63, 3.8) is 0 Å². The van der Waals surface area contributed by atoms with Crippen LogP contribution in [0.1, 0.15) is 26.0 Å². The Hall–Kier alpha value is -0.943. The van der Waals surface area contributed by atoms with Gasteiger partial charge >= 0.3 is 0 Å². The lowest BCUT2D eigenvalue weighted by Gasteiger charge is -2.23. The molecular formula is C16H19ClO2SSi. The van der Waals surface area contributed by atoms with Crippen LogP contribution in [0, 0.1) is 0 Å². The summed E-state index contributed by atoms with van der Waals surface area (Å²) in [6.45, 7) is 7.14. The van der Waals surface area contributed by atoms with E-state index in [2.05, 4.69) is 25.7 Å². The van der Waals surface area contributed by atoms with Crippen molar-refractivity contribution in [2.24, 2.45) is 0 Å². The standard InChI is InChI=1S/C16H19ClO2SSi/c1-21(2,3)19-11-15(12-5-4-6-13(17)9-12)16-8-7-14(10-18)20-16/h4-10,15H,11H2,1-3H3. The lowest BCUT2D eigenvalue weighted by Crippen LogP contribution is -2.28. The van der Waals surface area contributed by atoms with Crippen molar-refractivity contribution in [3.05, 3.63) is 56.7 Å². The molecule has 0 fully saturated rings. The minimum absolute atomic E-state index is 0.120. The van der Waals surface area contributed by atoms with Gasteiger partial charge in [-0.1, -0.05) is 23.7 Å². The van der Waals surface area contributed by atoms with E-state index >= 15 is 0 Å². The largest absolute Gasteiger partial charge is 0.417 e. The Bertz CT molecular complexity index is 619. The molecule has 0 spiro atoms. The second kappa shape index (κ2) is 6.88. The molecule has 2 aromatic rings. The van der Waals surface area contributed by atoms with E-state index in [1.807, 2.05) is 30.3 Å². The van der Waals surface area contributed by atoms with E-state index in [4.69, 9.17) is 16.0 Å². The average Bonchev–Trinajstić information content (AvgIpc) is 2.86. The van der Waals surface area contributed by atoms with Crippen molar-refractivity contribution in [3.8, 4) is 0 Å². The summed E-state index contributed by atoms with van der Waals surface area (Å²) in [7, 11) is -1.60. The summed E-state index contributed by atoms with van der Waals surface area (Å²) in [5.41, 5.74) is 1.13.